The van der Waals surface area contributed by atoms with Crippen LogP contribution in [0.3, 0.4) is 0 Å². The highest BCUT2D eigenvalue weighted by atomic mass is 16.5. The number of aromatic nitrogens is 1. The number of hydrogen-bond acceptors (Lipinski definition) is 3. The van der Waals surface area contributed by atoms with E-state index in [1.807, 2.05) is 0 Å². The van der Waals surface area contributed by atoms with Crippen LogP contribution in [0, 0.1) is 0 Å². The van der Waals surface area contributed by atoms with Gasteiger partial charge in [0.25, 0.3) is 0 Å². The summed E-state index contributed by atoms with van der Waals surface area (Å²) in [6.07, 6.45) is 1.29. The highest BCUT2D eigenvalue weighted by Crippen LogP contribution is 1.82. The Morgan fingerprint density at radius 2 is 2.57 bits per heavy atom. The van der Waals surface area contributed by atoms with Gasteiger partial charge in [-0.15, -0.1) is 0 Å². The maximum atomic E-state index is 10.1. The maximum Gasteiger partial charge on any atom is 0.379 e. The van der Waals surface area contributed by atoms with Crippen molar-refractivity contribution in [1.29, 1.82) is 0 Å². The van der Waals surface area contributed by atoms with Crippen LogP contribution in [0.4, 0.5) is 5.69 Å². The van der Waals surface area contributed by atoms with Crippen LogP contribution in [-0.2, 0) is 0 Å². The van der Waals surface area contributed by atoms with Crippen molar-refractivity contribution in [1.82, 2.24) is 5.16 Å². The molecule has 0 atom stereocenters. The van der Waals surface area contributed by atoms with E-state index in [-0.39, 0.29) is 5.69 Å². The molecule has 0 unspecified atom stereocenters. The Hall–Kier alpha value is -1.19. The fourth-order valence-electron chi connectivity index (χ4n) is 0.264. The van der Waals surface area contributed by atoms with E-state index < -0.39 is 5.63 Å². The molecule has 0 spiro atoms. The molecule has 0 saturated heterocycles. The van der Waals surface area contributed by atoms with Crippen LogP contribution in [0.15, 0.2) is 15.5 Å². The molecule has 0 aromatic carbocycles. The van der Waals surface area contributed by atoms with Crippen LogP contribution in [-0.4, -0.2) is 5.16 Å². The first-order valence-electron chi connectivity index (χ1n) is 1.73. The Bertz CT molecular complexity index is 199. The summed E-state index contributed by atoms with van der Waals surface area (Å²) in [6, 6.07) is 0. The molecule has 3 N–H and O–H groups in total. The van der Waals surface area contributed by atoms with Gasteiger partial charge in [0.05, 0.1) is 6.20 Å². The minimum absolute atomic E-state index is 0.111. The lowest BCUT2D eigenvalue weighted by Gasteiger charge is -1.64. The summed E-state index contributed by atoms with van der Waals surface area (Å²) in [6.45, 7) is 0. The standard InChI is InChI=1S/C3H4N2O2/c4-2-1-5-7-3(2)6/h1,5H,4H2. The van der Waals surface area contributed by atoms with Crippen LogP contribution in [0.25, 0.3) is 0 Å². The summed E-state index contributed by atoms with van der Waals surface area (Å²) < 4.78 is 4.16. The second-order valence-electron chi connectivity index (χ2n) is 1.11. The van der Waals surface area contributed by atoms with Gasteiger partial charge < -0.3 is 10.3 Å². The molecule has 1 aromatic heterocycles. The van der Waals surface area contributed by atoms with Crippen molar-refractivity contribution < 1.29 is 4.52 Å². The quantitative estimate of drug-likeness (QED) is 0.463. The average Bonchev–Trinajstić information content (AvgIpc) is 1.91. The number of anilines is 1. The first-order chi connectivity index (χ1) is 3.30. The molecule has 0 amide bonds. The maximum absolute atomic E-state index is 10.1. The number of nitrogens with two attached hydrogens (primary N) is 1. The molecule has 1 aromatic rings. The van der Waals surface area contributed by atoms with Gasteiger partial charge in [-0.3, -0.25) is 0 Å². The first kappa shape index (κ1) is 3.98. The monoisotopic (exact) mass is 100 g/mol. The van der Waals surface area contributed by atoms with E-state index in [4.69, 9.17) is 5.73 Å². The predicted molar refractivity (Wildman–Crippen MR) is 23.7 cm³/mol. The van der Waals surface area contributed by atoms with Gasteiger partial charge in [0.2, 0.25) is 0 Å². The molecule has 0 aliphatic rings. The van der Waals surface area contributed by atoms with Gasteiger partial charge in [0.15, 0.2) is 0 Å². The number of nitrogen functional groups attached to an aromatic ring is 1. The SMILES string of the molecule is Nc1c[nH]oc1=O. The fourth-order valence-corrected chi connectivity index (χ4v) is 0.264. The summed E-state index contributed by atoms with van der Waals surface area (Å²) in [4.78, 5) is 10.1. The topological polar surface area (TPSA) is 72.0 Å². The molecule has 1 rings (SSSR count). The van der Waals surface area contributed by atoms with E-state index >= 15 is 0 Å². The molecule has 0 bridgehead atoms. The van der Waals surface area contributed by atoms with E-state index in [1.165, 1.54) is 6.20 Å². The van der Waals surface area contributed by atoms with E-state index in [2.05, 4.69) is 9.68 Å². The van der Waals surface area contributed by atoms with Crippen LogP contribution < -0.4 is 11.4 Å². The largest absolute Gasteiger partial charge is 0.391 e. The first-order valence-corrected chi connectivity index (χ1v) is 1.73. The molecular formula is C3H4N2O2. The van der Waals surface area contributed by atoms with Crippen LogP contribution >= 0.6 is 0 Å². The Morgan fingerprint density at radius 3 is 2.71 bits per heavy atom. The van der Waals surface area contributed by atoms with Gasteiger partial charge in [-0.1, -0.05) is 0 Å². The molecular weight excluding hydrogens is 96.0 g/mol. The summed E-state index contributed by atoms with van der Waals surface area (Å²) in [7, 11) is 0. The van der Waals surface area contributed by atoms with Gasteiger partial charge in [0, 0.05) is 0 Å². The van der Waals surface area contributed by atoms with Gasteiger partial charge in [-0.05, 0) is 0 Å². The number of aromatic amines is 1. The molecule has 0 fully saturated rings. The molecule has 0 aliphatic carbocycles. The zero-order chi connectivity index (χ0) is 5.28. The van der Waals surface area contributed by atoms with Crippen molar-refractivity contribution in [2.24, 2.45) is 0 Å². The molecule has 7 heavy (non-hydrogen) atoms. The molecule has 0 saturated carbocycles. The van der Waals surface area contributed by atoms with Crippen LogP contribution in [0.2, 0.25) is 0 Å². The van der Waals surface area contributed by atoms with Crippen molar-refractivity contribution in [2.75, 3.05) is 5.73 Å². The van der Waals surface area contributed by atoms with Crippen molar-refractivity contribution in [3.63, 3.8) is 0 Å². The van der Waals surface area contributed by atoms with Crippen LogP contribution in [0.1, 0.15) is 0 Å². The van der Waals surface area contributed by atoms with Crippen molar-refractivity contribution >= 4 is 5.69 Å². The van der Waals surface area contributed by atoms with E-state index in [0.717, 1.165) is 0 Å². The summed E-state index contributed by atoms with van der Waals surface area (Å²) in [5.74, 6) is 0. The van der Waals surface area contributed by atoms with Crippen molar-refractivity contribution in [2.45, 2.75) is 0 Å². The predicted octanol–water partition coefficient (Wildman–Crippen LogP) is -0.450. The Labute approximate surface area is 38.9 Å². The highest BCUT2D eigenvalue weighted by molar-refractivity contribution is 5.28. The van der Waals surface area contributed by atoms with Gasteiger partial charge in [-0.2, -0.15) is 0 Å². The molecule has 4 nitrogen and oxygen atoms in total. The van der Waals surface area contributed by atoms with Gasteiger partial charge in [0.1, 0.15) is 5.69 Å². The van der Waals surface area contributed by atoms with Crippen molar-refractivity contribution in [3.05, 3.63) is 16.6 Å². The molecule has 1 heterocycles. The minimum atomic E-state index is -0.514. The third kappa shape index (κ3) is 0.489. The lowest BCUT2D eigenvalue weighted by molar-refractivity contribution is 0.392. The van der Waals surface area contributed by atoms with Crippen LogP contribution in [0.5, 0.6) is 0 Å². The van der Waals surface area contributed by atoms with Gasteiger partial charge >= 0.3 is 5.63 Å². The Morgan fingerprint density at radius 1 is 1.86 bits per heavy atom. The average molecular weight is 100 g/mol. The highest BCUT2D eigenvalue weighted by Gasteiger charge is 1.90. The summed E-state index contributed by atoms with van der Waals surface area (Å²) >= 11 is 0. The number of nitrogens with one attached hydrogen (secondary N) is 1. The second-order valence-corrected chi connectivity index (χ2v) is 1.11. The zero-order valence-electron chi connectivity index (χ0n) is 3.47. The lowest BCUT2D eigenvalue weighted by Crippen LogP contribution is -1.98. The zero-order valence-corrected chi connectivity index (χ0v) is 3.47. The van der Waals surface area contributed by atoms with Crippen molar-refractivity contribution in [3.8, 4) is 0 Å². The van der Waals surface area contributed by atoms with E-state index in [9.17, 15) is 4.79 Å². The lowest BCUT2D eigenvalue weighted by atomic mass is 10.6. The minimum Gasteiger partial charge on any atom is -0.391 e. The molecule has 4 heteroatoms. The van der Waals surface area contributed by atoms with E-state index in [0.29, 0.717) is 0 Å². The molecule has 0 radical (unpaired) electrons. The third-order valence-corrected chi connectivity index (χ3v) is 0.602. The Kier molecular flexibility index (Phi) is 0.651. The number of rotatable bonds is 0. The third-order valence-electron chi connectivity index (χ3n) is 0.602. The van der Waals surface area contributed by atoms with E-state index in [1.54, 1.807) is 0 Å². The normalized spacial score (nSPS) is 9.14. The number of H-pyrrole nitrogens is 1. The van der Waals surface area contributed by atoms with Gasteiger partial charge in [-0.25, -0.2) is 9.95 Å². The molecule has 0 aliphatic heterocycles. The fraction of sp³-hybridized carbons (Fsp3) is 0. The number of hydrogen-bond donors (Lipinski definition) is 2. The summed E-state index contributed by atoms with van der Waals surface area (Å²) in [5.41, 5.74) is 4.60. The Balaban J connectivity index is 3.39. The second kappa shape index (κ2) is 1.14. The summed E-state index contributed by atoms with van der Waals surface area (Å²) in [5, 5.41) is 2.19. The molecule has 38 valence electrons. The smallest absolute Gasteiger partial charge is 0.379 e.